The van der Waals surface area contributed by atoms with Gasteiger partial charge in [0.2, 0.25) is 0 Å². The van der Waals surface area contributed by atoms with Crippen molar-refractivity contribution in [2.75, 3.05) is 4.43 Å². The topological polar surface area (TPSA) is 31.2 Å². The molecule has 0 aliphatic carbocycles. The molecule has 18 heavy (non-hydrogen) atoms. The van der Waals surface area contributed by atoms with E-state index >= 15 is 0 Å². The average Bonchev–Trinajstić information content (AvgIpc) is 2.73. The van der Waals surface area contributed by atoms with E-state index in [-0.39, 0.29) is 17.6 Å². The van der Waals surface area contributed by atoms with Crippen LogP contribution in [0.25, 0.3) is 10.9 Å². The molecule has 3 nitrogen and oxygen atoms in total. The minimum absolute atomic E-state index is 0.0251. The van der Waals surface area contributed by atoms with Gasteiger partial charge in [0.05, 0.1) is 5.52 Å². The molecule has 2 heterocycles. The monoisotopic (exact) mass is 355 g/mol. The van der Waals surface area contributed by atoms with Crippen molar-refractivity contribution in [2.24, 2.45) is 7.05 Å². The molecule has 1 aliphatic rings. The molecule has 0 saturated carbocycles. The zero-order valence-corrected chi connectivity index (χ0v) is 12.5. The largest absolute Gasteiger partial charge is 0.483 e. The van der Waals surface area contributed by atoms with Gasteiger partial charge in [-0.2, -0.15) is 0 Å². The van der Waals surface area contributed by atoms with Crippen molar-refractivity contribution >= 4 is 33.5 Å². The summed E-state index contributed by atoms with van der Waals surface area (Å²) in [6, 6.07) is 8.03. The molecule has 0 N–H and O–H groups in total. The van der Waals surface area contributed by atoms with Crippen LogP contribution in [0.5, 0.6) is 5.75 Å². The molecule has 1 aromatic carbocycles. The molecular formula is C14H14INO2. The first kappa shape index (κ1) is 12.0. The number of aromatic nitrogens is 1. The van der Waals surface area contributed by atoms with E-state index < -0.39 is 0 Å². The molecule has 0 amide bonds. The lowest BCUT2D eigenvalue weighted by molar-refractivity contribution is 0.237. The van der Waals surface area contributed by atoms with Crippen molar-refractivity contribution in [3.8, 4) is 5.75 Å². The number of halogens is 1. The first-order valence-corrected chi connectivity index (χ1v) is 7.52. The van der Waals surface area contributed by atoms with Crippen LogP contribution in [0.2, 0.25) is 0 Å². The van der Waals surface area contributed by atoms with Gasteiger partial charge in [-0.25, -0.2) is 0 Å². The zero-order chi connectivity index (χ0) is 12.9. The number of alkyl halides is 1. The summed E-state index contributed by atoms with van der Waals surface area (Å²) in [5.74, 6) is 0.820. The molecule has 3 rings (SSSR count). The van der Waals surface area contributed by atoms with Crippen molar-refractivity contribution in [1.82, 2.24) is 4.57 Å². The van der Waals surface area contributed by atoms with Gasteiger partial charge in [-0.05, 0) is 6.07 Å². The molecule has 94 valence electrons. The summed E-state index contributed by atoms with van der Waals surface area (Å²) in [5, 5.41) is 1.13. The molecule has 0 spiro atoms. The molecule has 1 aliphatic heterocycles. The summed E-state index contributed by atoms with van der Waals surface area (Å²) in [4.78, 5) is 12.3. The van der Waals surface area contributed by atoms with Crippen molar-refractivity contribution in [1.29, 1.82) is 0 Å². The van der Waals surface area contributed by atoms with Gasteiger partial charge < -0.3 is 9.30 Å². The highest BCUT2D eigenvalue weighted by Crippen LogP contribution is 2.40. The van der Waals surface area contributed by atoms with Gasteiger partial charge in [0.25, 0.3) is 5.56 Å². The number of benzene rings is 1. The van der Waals surface area contributed by atoms with E-state index in [1.54, 1.807) is 11.6 Å². The number of hydrogen-bond acceptors (Lipinski definition) is 2. The van der Waals surface area contributed by atoms with Crippen LogP contribution >= 0.6 is 22.6 Å². The summed E-state index contributed by atoms with van der Waals surface area (Å²) in [7, 11) is 1.80. The molecule has 0 fully saturated rings. The lowest BCUT2D eigenvalue weighted by Gasteiger charge is -2.11. The van der Waals surface area contributed by atoms with Crippen LogP contribution in [0.3, 0.4) is 0 Å². The molecule has 4 heteroatoms. The van der Waals surface area contributed by atoms with E-state index in [2.05, 4.69) is 35.6 Å². The Morgan fingerprint density at radius 1 is 1.39 bits per heavy atom. The molecule has 0 bridgehead atoms. The highest BCUT2D eigenvalue weighted by molar-refractivity contribution is 14.1. The predicted octanol–water partition coefficient (Wildman–Crippen LogP) is 2.84. The van der Waals surface area contributed by atoms with E-state index in [0.29, 0.717) is 5.75 Å². The van der Waals surface area contributed by atoms with E-state index in [9.17, 15) is 4.79 Å². The van der Waals surface area contributed by atoms with E-state index in [4.69, 9.17) is 4.74 Å². The molecule has 0 saturated heterocycles. The maximum Gasteiger partial charge on any atom is 0.293 e. The Hall–Kier alpha value is -1.04. The van der Waals surface area contributed by atoms with E-state index in [0.717, 1.165) is 20.9 Å². The summed E-state index contributed by atoms with van der Waals surface area (Å²) < 4.78 is 8.42. The van der Waals surface area contributed by atoms with Gasteiger partial charge in [-0.15, -0.1) is 0 Å². The van der Waals surface area contributed by atoms with Crippen LogP contribution in [0.1, 0.15) is 18.4 Å². The van der Waals surface area contributed by atoms with Crippen LogP contribution in [-0.2, 0) is 7.05 Å². The summed E-state index contributed by atoms with van der Waals surface area (Å²) in [5.41, 5.74) is 2.03. The van der Waals surface area contributed by atoms with Crippen LogP contribution in [0.4, 0.5) is 0 Å². The SMILES string of the molecule is CC1c2c(c(=O)n(C)c3ccccc23)OC1CI. The van der Waals surface area contributed by atoms with Crippen molar-refractivity contribution < 1.29 is 4.74 Å². The maximum absolute atomic E-state index is 12.3. The minimum atomic E-state index is -0.0251. The number of nitrogens with zero attached hydrogens (tertiary/aromatic N) is 1. The normalized spacial score (nSPS) is 21.9. The van der Waals surface area contributed by atoms with Crippen molar-refractivity contribution in [2.45, 2.75) is 18.9 Å². The lowest BCUT2D eigenvalue weighted by atomic mass is 9.95. The summed E-state index contributed by atoms with van der Waals surface area (Å²) in [6.07, 6.45) is 0.110. The Balaban J connectivity index is 2.42. The number of fused-ring (bicyclic) bond motifs is 3. The van der Waals surface area contributed by atoms with Gasteiger partial charge in [-0.3, -0.25) is 4.79 Å². The van der Waals surface area contributed by atoms with Crippen LogP contribution in [0, 0.1) is 0 Å². The van der Waals surface area contributed by atoms with Crippen molar-refractivity contribution in [3.05, 3.63) is 40.2 Å². The first-order chi connectivity index (χ1) is 8.65. The summed E-state index contributed by atoms with van der Waals surface area (Å²) >= 11 is 2.31. The van der Waals surface area contributed by atoms with Gasteiger partial charge in [0.1, 0.15) is 6.10 Å². The second kappa shape index (κ2) is 4.26. The van der Waals surface area contributed by atoms with Crippen LogP contribution in [0.15, 0.2) is 29.1 Å². The molecular weight excluding hydrogens is 341 g/mol. The Labute approximate surface area is 119 Å². The summed E-state index contributed by atoms with van der Waals surface area (Å²) in [6.45, 7) is 2.14. The predicted molar refractivity (Wildman–Crippen MR) is 80.9 cm³/mol. The Bertz CT molecular complexity index is 677. The van der Waals surface area contributed by atoms with E-state index in [1.807, 2.05) is 18.2 Å². The Kier molecular flexibility index (Phi) is 2.84. The lowest BCUT2D eigenvalue weighted by Crippen LogP contribution is -2.21. The third-order valence-corrected chi connectivity index (χ3v) is 4.60. The highest BCUT2D eigenvalue weighted by atomic mass is 127. The molecule has 2 atom stereocenters. The number of para-hydroxylation sites is 1. The highest BCUT2D eigenvalue weighted by Gasteiger charge is 2.34. The van der Waals surface area contributed by atoms with Gasteiger partial charge >= 0.3 is 0 Å². The number of rotatable bonds is 1. The quantitative estimate of drug-likeness (QED) is 0.582. The van der Waals surface area contributed by atoms with Crippen LogP contribution < -0.4 is 10.3 Å². The van der Waals surface area contributed by atoms with Gasteiger partial charge in [-0.1, -0.05) is 47.7 Å². The number of ether oxygens (including phenoxy) is 1. The minimum Gasteiger partial charge on any atom is -0.483 e. The fourth-order valence-electron chi connectivity index (χ4n) is 2.66. The second-order valence-corrected chi connectivity index (χ2v) is 5.60. The zero-order valence-electron chi connectivity index (χ0n) is 10.3. The fourth-order valence-corrected chi connectivity index (χ4v) is 3.61. The molecule has 2 aromatic rings. The number of aryl methyl sites for hydroxylation is 1. The average molecular weight is 355 g/mol. The van der Waals surface area contributed by atoms with Crippen LogP contribution in [-0.4, -0.2) is 15.1 Å². The van der Waals surface area contributed by atoms with Gasteiger partial charge in [0, 0.05) is 28.3 Å². The van der Waals surface area contributed by atoms with Gasteiger partial charge in [0.15, 0.2) is 5.75 Å². The first-order valence-electron chi connectivity index (χ1n) is 5.99. The molecule has 1 aromatic heterocycles. The Morgan fingerprint density at radius 3 is 2.83 bits per heavy atom. The maximum atomic E-state index is 12.3. The van der Waals surface area contributed by atoms with Crippen molar-refractivity contribution in [3.63, 3.8) is 0 Å². The third-order valence-electron chi connectivity index (χ3n) is 3.73. The van der Waals surface area contributed by atoms with E-state index in [1.165, 1.54) is 0 Å². The second-order valence-electron chi connectivity index (χ2n) is 4.72. The standard InChI is InChI=1S/C14H14INO2/c1-8-11(7-15)18-13-12(8)9-5-3-4-6-10(9)16(2)14(13)17/h3-6,8,11H,7H2,1-2H3. The fraction of sp³-hybridized carbons (Fsp3) is 0.357. The molecule has 2 unspecified atom stereocenters. The molecule has 0 radical (unpaired) electrons. The number of pyridine rings is 1. The third kappa shape index (κ3) is 1.51. The smallest absolute Gasteiger partial charge is 0.293 e. The number of hydrogen-bond donors (Lipinski definition) is 0. The Morgan fingerprint density at radius 2 is 2.11 bits per heavy atom.